The van der Waals surface area contributed by atoms with Crippen LogP contribution in [-0.2, 0) is 0 Å². The predicted molar refractivity (Wildman–Crippen MR) is 84.3 cm³/mol. The Kier molecular flexibility index (Phi) is 5.66. The Morgan fingerprint density at radius 2 is 1.61 bits per heavy atom. The van der Waals surface area contributed by atoms with E-state index < -0.39 is 5.91 Å². The minimum Gasteiger partial charge on any atom is -0.872 e. The number of benzene rings is 3. The number of fused-ring (bicyclic) bond motifs is 1. The van der Waals surface area contributed by atoms with Crippen molar-refractivity contribution in [2.45, 2.75) is 0 Å². The number of hydrogen-bond donors (Lipinski definition) is 1. The second kappa shape index (κ2) is 7.51. The number of carbonyl (C=O) groups is 1. The van der Waals surface area contributed by atoms with Crippen LogP contribution >= 0.6 is 0 Å². The Bertz CT molecular complexity index is 831. The molecule has 23 heavy (non-hydrogen) atoms. The molecule has 1 amide bonds. The number of nitrogens with one attached hydrogen (secondary N) is 1. The zero-order valence-electron chi connectivity index (χ0n) is 13.0. The molecule has 3 aromatic carbocycles. The van der Waals surface area contributed by atoms with E-state index in [2.05, 4.69) is 5.32 Å². The van der Waals surface area contributed by atoms with Crippen LogP contribution in [0.15, 0.2) is 60.7 Å². The number of methoxy groups -OCH3 is 1. The molecular weight excluding hydrogens is 301 g/mol. The van der Waals surface area contributed by atoms with E-state index in [-0.39, 0.29) is 40.9 Å². The van der Waals surface area contributed by atoms with Gasteiger partial charge in [0.2, 0.25) is 0 Å². The standard InChI is InChI=1S/C18H15NO3.Na/c1-22-15-8-6-14(7-9-15)19-18(21)16-10-12-4-2-3-5-13(12)11-17(16)20;/h2-11,20H,1H3,(H,19,21);/q;+1/p-1. The third kappa shape index (κ3) is 3.85. The van der Waals surface area contributed by atoms with Crippen molar-refractivity contribution < 1.29 is 44.2 Å². The van der Waals surface area contributed by atoms with E-state index in [0.717, 1.165) is 10.8 Å². The maximum Gasteiger partial charge on any atom is 1.00 e. The Balaban J connectivity index is 0.00000192. The first-order chi connectivity index (χ1) is 10.7. The topological polar surface area (TPSA) is 61.4 Å². The zero-order valence-corrected chi connectivity index (χ0v) is 15.0. The van der Waals surface area contributed by atoms with E-state index in [4.69, 9.17) is 4.74 Å². The summed E-state index contributed by atoms with van der Waals surface area (Å²) in [6.45, 7) is 0. The van der Waals surface area contributed by atoms with Crippen LogP contribution in [0.4, 0.5) is 5.69 Å². The maximum atomic E-state index is 12.3. The molecule has 0 heterocycles. The molecule has 0 aliphatic heterocycles. The predicted octanol–water partition coefficient (Wildman–Crippen LogP) is 0.178. The molecule has 0 aliphatic rings. The van der Waals surface area contributed by atoms with Crippen molar-refractivity contribution in [1.29, 1.82) is 0 Å². The molecular formula is C18H14NNaO3. The Morgan fingerprint density at radius 3 is 2.22 bits per heavy atom. The van der Waals surface area contributed by atoms with Gasteiger partial charge in [0.05, 0.1) is 7.11 Å². The molecule has 0 spiro atoms. The molecule has 0 atom stereocenters. The van der Waals surface area contributed by atoms with Gasteiger partial charge in [0.15, 0.2) is 0 Å². The number of amides is 1. The van der Waals surface area contributed by atoms with Gasteiger partial charge in [-0.15, -0.1) is 0 Å². The van der Waals surface area contributed by atoms with Crippen molar-refractivity contribution in [2.75, 3.05) is 12.4 Å². The Morgan fingerprint density at radius 1 is 1.00 bits per heavy atom. The minimum atomic E-state index is -0.416. The molecule has 0 unspecified atom stereocenters. The molecule has 110 valence electrons. The third-order valence-electron chi connectivity index (χ3n) is 3.44. The second-order valence-electron chi connectivity index (χ2n) is 4.88. The normalized spacial score (nSPS) is 9.96. The molecule has 3 rings (SSSR count). The van der Waals surface area contributed by atoms with Gasteiger partial charge in [-0.05, 0) is 41.1 Å². The third-order valence-corrected chi connectivity index (χ3v) is 3.44. The second-order valence-corrected chi connectivity index (χ2v) is 4.88. The van der Waals surface area contributed by atoms with Crippen molar-refractivity contribution in [3.05, 3.63) is 66.2 Å². The summed E-state index contributed by atoms with van der Waals surface area (Å²) in [5.74, 6) is -0.00107. The molecule has 0 fully saturated rings. The Labute approximate surface area is 156 Å². The quantitative estimate of drug-likeness (QED) is 0.701. The van der Waals surface area contributed by atoms with Gasteiger partial charge in [-0.1, -0.05) is 36.1 Å². The molecule has 0 saturated heterocycles. The molecule has 0 aromatic heterocycles. The minimum absolute atomic E-state index is 0. The van der Waals surface area contributed by atoms with Gasteiger partial charge < -0.3 is 15.2 Å². The van der Waals surface area contributed by atoms with Crippen LogP contribution in [0.5, 0.6) is 11.5 Å². The van der Waals surface area contributed by atoms with Gasteiger partial charge in [-0.25, -0.2) is 0 Å². The average molecular weight is 315 g/mol. The number of carbonyl (C=O) groups excluding carboxylic acids is 1. The van der Waals surface area contributed by atoms with Crippen molar-refractivity contribution >= 4 is 22.4 Å². The fourth-order valence-electron chi connectivity index (χ4n) is 2.27. The van der Waals surface area contributed by atoms with Crippen molar-refractivity contribution in [3.8, 4) is 11.5 Å². The maximum absolute atomic E-state index is 12.3. The van der Waals surface area contributed by atoms with Gasteiger partial charge in [-0.3, -0.25) is 4.79 Å². The summed E-state index contributed by atoms with van der Waals surface area (Å²) in [5, 5.41) is 16.5. The van der Waals surface area contributed by atoms with Crippen LogP contribution in [0.25, 0.3) is 10.8 Å². The largest absolute Gasteiger partial charge is 1.00 e. The van der Waals surface area contributed by atoms with Crippen LogP contribution in [0.1, 0.15) is 10.4 Å². The summed E-state index contributed by atoms with van der Waals surface area (Å²) < 4.78 is 5.06. The first kappa shape index (κ1) is 17.3. The van der Waals surface area contributed by atoms with E-state index in [1.165, 1.54) is 6.07 Å². The SMILES string of the molecule is COc1ccc(NC(=O)c2cc3ccccc3cc2[O-])cc1.[Na+]. The van der Waals surface area contributed by atoms with E-state index in [1.807, 2.05) is 24.3 Å². The van der Waals surface area contributed by atoms with E-state index in [0.29, 0.717) is 11.4 Å². The summed E-state index contributed by atoms with van der Waals surface area (Å²) in [6.07, 6.45) is 0. The average Bonchev–Trinajstić information content (AvgIpc) is 2.54. The number of anilines is 1. The summed E-state index contributed by atoms with van der Waals surface area (Å²) >= 11 is 0. The Hall–Kier alpha value is -2.01. The van der Waals surface area contributed by atoms with Crippen molar-refractivity contribution in [3.63, 3.8) is 0 Å². The fraction of sp³-hybridized carbons (Fsp3) is 0.0556. The smallest absolute Gasteiger partial charge is 0.872 e. The van der Waals surface area contributed by atoms with Crippen molar-refractivity contribution in [2.24, 2.45) is 0 Å². The van der Waals surface area contributed by atoms with Gasteiger partial charge in [0, 0.05) is 11.3 Å². The number of hydrogen-bond acceptors (Lipinski definition) is 3. The molecule has 3 aromatic rings. The van der Waals surface area contributed by atoms with Gasteiger partial charge in [0.1, 0.15) is 5.75 Å². The molecule has 0 radical (unpaired) electrons. The summed E-state index contributed by atoms with van der Waals surface area (Å²) in [6, 6.07) is 17.5. The van der Waals surface area contributed by atoms with Crippen LogP contribution in [0, 0.1) is 0 Å². The zero-order chi connectivity index (χ0) is 15.5. The summed E-state index contributed by atoms with van der Waals surface area (Å²) in [4.78, 5) is 12.3. The molecule has 0 bridgehead atoms. The van der Waals surface area contributed by atoms with Crippen LogP contribution in [0.2, 0.25) is 0 Å². The van der Waals surface area contributed by atoms with E-state index in [9.17, 15) is 9.90 Å². The monoisotopic (exact) mass is 315 g/mol. The van der Waals surface area contributed by atoms with E-state index in [1.54, 1.807) is 37.4 Å². The first-order valence-electron chi connectivity index (χ1n) is 6.82. The molecule has 0 aliphatic carbocycles. The molecule has 1 N–H and O–H groups in total. The van der Waals surface area contributed by atoms with Gasteiger partial charge >= 0.3 is 29.6 Å². The molecule has 5 heteroatoms. The van der Waals surface area contributed by atoms with E-state index >= 15 is 0 Å². The molecule has 0 saturated carbocycles. The van der Waals surface area contributed by atoms with Crippen LogP contribution in [-0.4, -0.2) is 13.0 Å². The van der Waals surface area contributed by atoms with Gasteiger partial charge in [-0.2, -0.15) is 0 Å². The first-order valence-corrected chi connectivity index (χ1v) is 6.82. The summed E-state index contributed by atoms with van der Waals surface area (Å²) in [7, 11) is 1.58. The number of ether oxygens (including phenoxy) is 1. The molecule has 4 nitrogen and oxygen atoms in total. The van der Waals surface area contributed by atoms with Gasteiger partial charge in [0.25, 0.3) is 5.91 Å². The van der Waals surface area contributed by atoms with Crippen LogP contribution < -0.4 is 44.7 Å². The summed E-state index contributed by atoms with van der Waals surface area (Å²) in [5.41, 5.74) is 0.743. The number of rotatable bonds is 3. The van der Waals surface area contributed by atoms with Crippen molar-refractivity contribution in [1.82, 2.24) is 0 Å². The van der Waals surface area contributed by atoms with Crippen LogP contribution in [0.3, 0.4) is 0 Å². The fourth-order valence-corrected chi connectivity index (χ4v) is 2.27.